The average molecular weight is 546 g/mol. The summed E-state index contributed by atoms with van der Waals surface area (Å²) in [6.45, 7) is -1.44. The molecule has 3 aromatic carbocycles. The second kappa shape index (κ2) is 11.6. The summed E-state index contributed by atoms with van der Waals surface area (Å²) in [5.74, 6) is -1.77. The van der Waals surface area contributed by atoms with Gasteiger partial charge in [0.25, 0.3) is 0 Å². The van der Waals surface area contributed by atoms with Crippen LogP contribution in [0.25, 0.3) is 17.2 Å². The van der Waals surface area contributed by atoms with Gasteiger partial charge < -0.3 is 14.5 Å². The van der Waals surface area contributed by atoms with Crippen LogP contribution in [0.3, 0.4) is 0 Å². The van der Waals surface area contributed by atoms with Crippen LogP contribution in [0.5, 0.6) is 0 Å². The van der Waals surface area contributed by atoms with E-state index in [1.807, 2.05) is 43.3 Å². The Labute approximate surface area is 235 Å². The molecule has 0 N–H and O–H groups in total. The molecule has 7 heteroatoms. The Morgan fingerprint density at radius 2 is 1.73 bits per heavy atom. The average Bonchev–Trinajstić information content (AvgIpc) is 3.60. The van der Waals surface area contributed by atoms with Gasteiger partial charge in [0.15, 0.2) is 0 Å². The van der Waals surface area contributed by atoms with Crippen LogP contribution in [-0.2, 0) is 20.8 Å². The van der Waals surface area contributed by atoms with Crippen molar-refractivity contribution in [2.24, 2.45) is 17.8 Å². The molecule has 0 saturated heterocycles. The van der Waals surface area contributed by atoms with Crippen LogP contribution < -0.4 is 9.80 Å². The molecule has 0 aliphatic heterocycles. The van der Waals surface area contributed by atoms with E-state index < -0.39 is 24.1 Å². The fourth-order valence-corrected chi connectivity index (χ4v) is 5.96. The maximum absolute atomic E-state index is 15.7. The summed E-state index contributed by atoms with van der Waals surface area (Å²) in [4.78, 5) is 28.8. The smallest absolute Gasteiger partial charge is 0.330 e. The number of esters is 1. The minimum atomic E-state index is -1.44. The zero-order chi connectivity index (χ0) is 29.3. The predicted molar refractivity (Wildman–Crippen MR) is 154 cm³/mol. The third-order valence-electron chi connectivity index (χ3n) is 8.07. The first-order chi connectivity index (χ1) is 19.6. The number of ether oxygens (including phenoxy) is 1. The summed E-state index contributed by atoms with van der Waals surface area (Å²) in [6, 6.07) is 16.3. The quantitative estimate of drug-likeness (QED) is 0.229. The number of fused-ring (bicyclic) bond motifs is 2. The third-order valence-corrected chi connectivity index (χ3v) is 8.07. The number of amides is 1. The van der Waals surface area contributed by atoms with E-state index in [-0.39, 0.29) is 29.0 Å². The Morgan fingerprint density at radius 1 is 0.975 bits per heavy atom. The topological polar surface area (TPSA) is 49.9 Å². The molecule has 1 amide bonds. The first-order valence-corrected chi connectivity index (χ1v) is 13.5. The van der Waals surface area contributed by atoms with E-state index in [0.29, 0.717) is 17.0 Å². The number of carbonyl (C=O) groups excluding carboxylic acids is 2. The molecular formula is C33H34F2N2O3. The molecule has 3 aromatic rings. The Balaban J connectivity index is 1.51. The van der Waals surface area contributed by atoms with Gasteiger partial charge in [-0.1, -0.05) is 30.7 Å². The van der Waals surface area contributed by atoms with E-state index in [1.54, 1.807) is 6.07 Å². The lowest BCUT2D eigenvalue weighted by Crippen LogP contribution is -2.38. The molecule has 0 heterocycles. The fraction of sp³-hybridized carbons (Fsp3) is 0.333. The van der Waals surface area contributed by atoms with E-state index in [0.717, 1.165) is 43.0 Å². The van der Waals surface area contributed by atoms with Crippen LogP contribution in [0.2, 0.25) is 0 Å². The van der Waals surface area contributed by atoms with Crippen molar-refractivity contribution in [3.8, 4) is 11.1 Å². The van der Waals surface area contributed by atoms with Gasteiger partial charge in [-0.2, -0.15) is 0 Å². The minimum absolute atomic E-state index is 0.0195. The Morgan fingerprint density at radius 3 is 2.35 bits per heavy atom. The lowest BCUT2D eigenvalue weighted by atomic mass is 9.87. The number of rotatable bonds is 8. The Hall–Kier alpha value is -4.00. The monoisotopic (exact) mass is 545 g/mol. The molecule has 5 nitrogen and oxygen atoms in total. The molecule has 2 aliphatic carbocycles. The van der Waals surface area contributed by atoms with Crippen LogP contribution >= 0.6 is 0 Å². The lowest BCUT2D eigenvalue weighted by Gasteiger charge is -2.30. The molecule has 0 unspecified atom stereocenters. The molecule has 0 radical (unpaired) electrons. The molecule has 2 aliphatic rings. The SMILES string of the molecule is [2H][C@@H](c1ccc(-c2ccc(N(C)C)cc2)cc1F)N(C(=O)[C@H]1C[C@@H]2CC[C@H]1C2)c1cc(F)cc(/C=C/C(=O)OC)c1. The zero-order valence-corrected chi connectivity index (χ0v) is 22.9. The normalized spacial score (nSPS) is 20.8. The molecule has 0 aromatic heterocycles. The second-order valence-electron chi connectivity index (χ2n) is 10.9. The number of hydrogen-bond donors (Lipinski definition) is 0. The molecule has 2 saturated carbocycles. The summed E-state index contributed by atoms with van der Waals surface area (Å²) >= 11 is 0. The molecule has 40 heavy (non-hydrogen) atoms. The van der Waals surface area contributed by atoms with Gasteiger partial charge >= 0.3 is 5.97 Å². The molecule has 2 bridgehead atoms. The highest BCUT2D eigenvalue weighted by atomic mass is 19.1. The van der Waals surface area contributed by atoms with Gasteiger partial charge in [-0.15, -0.1) is 0 Å². The molecule has 4 atom stereocenters. The van der Waals surface area contributed by atoms with Crippen LogP contribution in [0.4, 0.5) is 20.2 Å². The number of nitrogens with zero attached hydrogens (tertiary/aromatic N) is 2. The minimum Gasteiger partial charge on any atom is -0.466 e. The highest BCUT2D eigenvalue weighted by molar-refractivity contribution is 5.96. The largest absolute Gasteiger partial charge is 0.466 e. The highest BCUT2D eigenvalue weighted by Gasteiger charge is 2.44. The van der Waals surface area contributed by atoms with Crippen molar-refractivity contribution in [2.45, 2.75) is 32.2 Å². The standard InChI is InChI=1S/C33H34F2N2O3/c1-36(2)28-11-9-23(10-12-28)24-7-8-26(31(35)18-24)20-37(33(39)30-17-21-4-6-25(30)14-21)29-16-22(15-27(34)19-29)5-13-32(38)40-3/h5,7-13,15-16,18-19,21,25,30H,4,6,14,17,20H2,1-3H3/b13-5+/t21-,25+,30+/m1/s1/i20D/t20-,21+,25-,30-/m0. The number of hydrogen-bond acceptors (Lipinski definition) is 4. The van der Waals surface area contributed by atoms with Crippen molar-refractivity contribution in [3.63, 3.8) is 0 Å². The van der Waals surface area contributed by atoms with Crippen molar-refractivity contribution in [1.29, 1.82) is 0 Å². The maximum atomic E-state index is 15.7. The van der Waals surface area contributed by atoms with Crippen molar-refractivity contribution in [2.75, 3.05) is 31.0 Å². The number of carbonyl (C=O) groups is 2. The Bertz CT molecular complexity index is 1470. The van der Waals surface area contributed by atoms with Crippen LogP contribution in [-0.4, -0.2) is 33.1 Å². The number of benzene rings is 3. The van der Waals surface area contributed by atoms with Crippen molar-refractivity contribution < 1.29 is 24.5 Å². The summed E-state index contributed by atoms with van der Waals surface area (Å²) < 4.78 is 44.2. The third kappa shape index (κ3) is 5.93. The van der Waals surface area contributed by atoms with Gasteiger partial charge in [-0.3, -0.25) is 4.79 Å². The summed E-state index contributed by atoms with van der Waals surface area (Å²) in [7, 11) is 5.12. The van der Waals surface area contributed by atoms with E-state index in [1.165, 1.54) is 48.4 Å². The van der Waals surface area contributed by atoms with Crippen molar-refractivity contribution in [1.82, 2.24) is 0 Å². The van der Waals surface area contributed by atoms with E-state index >= 15 is 4.39 Å². The van der Waals surface area contributed by atoms with Gasteiger partial charge in [0, 0.05) is 43.0 Å². The maximum Gasteiger partial charge on any atom is 0.330 e. The lowest BCUT2D eigenvalue weighted by molar-refractivity contribution is -0.134. The van der Waals surface area contributed by atoms with Crippen molar-refractivity contribution >= 4 is 29.3 Å². The number of anilines is 2. The Kier molecular flexibility index (Phi) is 7.62. The van der Waals surface area contributed by atoms with Crippen LogP contribution in [0.1, 0.15) is 38.2 Å². The molecule has 208 valence electrons. The van der Waals surface area contributed by atoms with Gasteiger partial charge in [-0.05, 0) is 90.3 Å². The van der Waals surface area contributed by atoms with Gasteiger partial charge in [0.2, 0.25) is 5.91 Å². The van der Waals surface area contributed by atoms with Crippen LogP contribution in [0, 0.1) is 29.4 Å². The van der Waals surface area contributed by atoms with Crippen molar-refractivity contribution in [3.05, 3.63) is 89.5 Å². The van der Waals surface area contributed by atoms with Gasteiger partial charge in [0.1, 0.15) is 11.6 Å². The number of methoxy groups -OCH3 is 1. The highest BCUT2D eigenvalue weighted by Crippen LogP contribution is 2.49. The molecular weight excluding hydrogens is 510 g/mol. The van der Waals surface area contributed by atoms with E-state index in [2.05, 4.69) is 4.74 Å². The van der Waals surface area contributed by atoms with Gasteiger partial charge in [0.05, 0.1) is 15.0 Å². The summed E-state index contributed by atoms with van der Waals surface area (Å²) in [5, 5.41) is 0. The second-order valence-corrected chi connectivity index (χ2v) is 10.9. The van der Waals surface area contributed by atoms with Gasteiger partial charge in [-0.25, -0.2) is 13.6 Å². The molecule has 0 spiro atoms. The fourth-order valence-electron chi connectivity index (χ4n) is 5.96. The van der Waals surface area contributed by atoms with E-state index in [9.17, 15) is 14.0 Å². The predicted octanol–water partition coefficient (Wildman–Crippen LogP) is 6.85. The first-order valence-electron chi connectivity index (χ1n) is 14.1. The first kappa shape index (κ1) is 26.2. The summed E-state index contributed by atoms with van der Waals surface area (Å²) in [5.41, 5.74) is 2.97. The van der Waals surface area contributed by atoms with E-state index in [4.69, 9.17) is 1.37 Å². The molecule has 5 rings (SSSR count). The van der Waals surface area contributed by atoms with Crippen LogP contribution in [0.15, 0.2) is 66.7 Å². The summed E-state index contributed by atoms with van der Waals surface area (Å²) in [6.07, 6.45) is 6.27. The number of halogens is 2. The molecule has 2 fully saturated rings. The zero-order valence-electron chi connectivity index (χ0n) is 23.9.